The maximum Gasteiger partial charge on any atom is 0.287 e. The van der Waals surface area contributed by atoms with Gasteiger partial charge in [-0.1, -0.05) is 109 Å². The number of benzene rings is 2. The zero-order chi connectivity index (χ0) is 68.0. The monoisotopic (exact) mass is 1280 g/mol. The Balaban J connectivity index is 2.50. The van der Waals surface area contributed by atoms with Crippen molar-refractivity contribution >= 4 is 64.9 Å². The average molecular weight is 1280 g/mol. The molecular weight excluding hydrogens is 1170 g/mol. The highest BCUT2D eigenvalue weighted by Crippen LogP contribution is 2.15. The number of rotatable bonds is 47. The molecule has 10 amide bonds. The topological polar surface area (TPSA) is 478 Å². The van der Waals surface area contributed by atoms with Crippen LogP contribution in [0.25, 0.3) is 0 Å². The molecule has 2 aromatic carbocycles. The van der Waals surface area contributed by atoms with Gasteiger partial charge >= 0.3 is 0 Å². The lowest BCUT2D eigenvalue weighted by atomic mass is 9.98. The molecule has 0 aliphatic carbocycles. The molecule has 0 aromatic heterocycles. The van der Waals surface area contributed by atoms with Gasteiger partial charge in [0.05, 0.1) is 12.1 Å². The van der Waals surface area contributed by atoms with Crippen LogP contribution in [0, 0.1) is 17.8 Å². The zero-order valence-electron chi connectivity index (χ0n) is 54.4. The van der Waals surface area contributed by atoms with E-state index in [9.17, 15) is 52.7 Å². The molecule has 0 spiro atoms. The van der Waals surface area contributed by atoms with E-state index in [1.54, 1.807) is 102 Å². The Morgan fingerprint density at radius 1 is 0.319 bits per heavy atom. The van der Waals surface area contributed by atoms with Crippen molar-refractivity contribution in [2.45, 2.75) is 211 Å². The summed E-state index contributed by atoms with van der Waals surface area (Å²) in [6, 6.07) is 5.29. The molecule has 0 unspecified atom stereocenters. The summed E-state index contributed by atoms with van der Waals surface area (Å²) in [5.41, 5.74) is 41.5. The number of amides is 10. The molecule has 27 heteroatoms. The normalized spacial score (nSPS) is 14.6. The fourth-order valence-corrected chi connectivity index (χ4v) is 9.95. The first-order valence-corrected chi connectivity index (χ1v) is 32.2. The van der Waals surface area contributed by atoms with Gasteiger partial charge in [-0.25, -0.2) is 0 Å². The molecule has 0 aliphatic heterocycles. The maximum absolute atomic E-state index is 14.7. The minimum absolute atomic E-state index is 0.0489. The van der Waals surface area contributed by atoms with E-state index in [-0.39, 0.29) is 51.6 Å². The number of hydrogen-bond donors (Lipinski definition) is 16. The highest BCUT2D eigenvalue weighted by atomic mass is 16.2. The zero-order valence-corrected chi connectivity index (χ0v) is 54.4. The Labute approximate surface area is 537 Å². The lowest BCUT2D eigenvalue weighted by Crippen LogP contribution is -2.62. The lowest BCUT2D eigenvalue weighted by Gasteiger charge is -2.30. The average Bonchev–Trinajstić information content (AvgIpc) is 2.51. The maximum atomic E-state index is 14.7. The number of hydrogen-bond acceptors (Lipinski definition) is 17. The van der Waals surface area contributed by atoms with E-state index >= 15 is 0 Å². The number of carbonyl (C=O) groups is 11. The number of ketones is 1. The van der Waals surface area contributed by atoms with Crippen molar-refractivity contribution in [2.75, 3.05) is 32.7 Å². The van der Waals surface area contributed by atoms with Crippen LogP contribution in [0.2, 0.25) is 0 Å². The van der Waals surface area contributed by atoms with E-state index < -0.39 is 143 Å². The Kier molecular flexibility index (Phi) is 38.6. The highest BCUT2D eigenvalue weighted by molar-refractivity contribution is 6.37. The van der Waals surface area contributed by atoms with E-state index in [0.717, 1.165) is 0 Å². The molecule has 510 valence electrons. The molecule has 0 saturated carbocycles. The van der Waals surface area contributed by atoms with Crippen LogP contribution in [0.3, 0.4) is 0 Å². The van der Waals surface area contributed by atoms with E-state index in [1.807, 2.05) is 0 Å². The number of carbonyl (C=O) groups excluding carboxylic acids is 11. The fraction of sp³-hybridized carbons (Fsp3) is 0.641. The predicted molar refractivity (Wildman–Crippen MR) is 349 cm³/mol. The molecule has 0 radical (unpaired) electrons. The summed E-state index contributed by atoms with van der Waals surface area (Å²) in [5, 5.41) is 24.8. The smallest absolute Gasteiger partial charge is 0.287 e. The first-order chi connectivity index (χ1) is 43.3. The largest absolute Gasteiger partial charge is 0.363 e. The second kappa shape index (κ2) is 44.1. The molecule has 23 N–H and O–H groups in total. The van der Waals surface area contributed by atoms with Gasteiger partial charge < -0.3 is 88.0 Å². The van der Waals surface area contributed by atoms with Gasteiger partial charge in [0.25, 0.3) is 5.91 Å². The summed E-state index contributed by atoms with van der Waals surface area (Å²) >= 11 is 0. The molecule has 0 saturated heterocycles. The summed E-state index contributed by atoms with van der Waals surface area (Å²) in [7, 11) is 0. The number of unbranched alkanes of at least 4 members (excludes halogenated alkanes) is 5. The minimum atomic E-state index is -1.34. The SMILES string of the molecule is CC(C)[C@H](NC(=O)[C@H](CCCCN)NC(=O)[C@H](Cc1ccccc1)NC(=O)[C@@H](NC(=O)[C@@H](NC(=O)[C@H](CCCCN)NC(=O)[C@@H](N)CCCCN)C(C)C)C(C)C)C(=O)N[C@@H](CCCCN)C(=O)N[C@@H](Cc1ccccc1)C(=O)N[C@@H](CCCCN)C(=O)C(N)=O. The van der Waals surface area contributed by atoms with E-state index in [2.05, 4.69) is 47.9 Å². The van der Waals surface area contributed by atoms with Gasteiger partial charge in [-0.05, 0) is 151 Å². The number of nitrogens with two attached hydrogens (primary N) is 7. The first-order valence-electron chi connectivity index (χ1n) is 32.2. The molecule has 10 atom stereocenters. The Morgan fingerprint density at radius 3 is 0.912 bits per heavy atom. The molecule has 2 aromatic rings. The van der Waals surface area contributed by atoms with Crippen LogP contribution in [0.5, 0.6) is 0 Å². The van der Waals surface area contributed by atoms with Gasteiger partial charge in [-0.2, -0.15) is 0 Å². The second-order valence-electron chi connectivity index (χ2n) is 24.2. The van der Waals surface area contributed by atoms with Crippen LogP contribution in [-0.4, -0.2) is 158 Å². The van der Waals surface area contributed by atoms with Crippen molar-refractivity contribution in [3.05, 3.63) is 71.8 Å². The summed E-state index contributed by atoms with van der Waals surface area (Å²) in [6.07, 6.45) is 5.49. The Bertz CT molecular complexity index is 2580. The summed E-state index contributed by atoms with van der Waals surface area (Å²) in [5.74, 6) is -10.4. The molecule has 0 bridgehead atoms. The summed E-state index contributed by atoms with van der Waals surface area (Å²) < 4.78 is 0. The van der Waals surface area contributed by atoms with Crippen LogP contribution in [0.1, 0.15) is 149 Å². The standard InChI is InChI=1S/C64H108N16O11/c1-39(2)51(62(89)75-46(29-15-20-34-67)57(84)76-49(37-42-23-9-7-10-24-42)60(87)72-45(28-14-19-33-66)54(81)55(71)82)78-59(86)48(31-17-22-36-69)74-61(88)50(38-43-25-11-8-12-26-43)77-63(90)52(40(3)4)80-64(91)53(41(5)6)79-58(85)47(30-16-21-35-68)73-56(83)44(70)27-13-18-32-65/h7-12,23-26,39-41,44-53H,13-22,27-38,65-70H2,1-6H3,(H2,71,82)(H,72,87)(H,73,83)(H,74,88)(H,75,89)(H,76,84)(H,77,90)(H,78,86)(H,79,85)(H,80,91)/t44-,45-,46-,47-,48-,49-,50-,51-,52-,53-/m0/s1. The van der Waals surface area contributed by atoms with Crippen molar-refractivity contribution in [1.82, 2.24) is 47.9 Å². The van der Waals surface area contributed by atoms with Gasteiger partial charge in [-0.15, -0.1) is 0 Å². The number of nitrogens with one attached hydrogen (secondary N) is 9. The van der Waals surface area contributed by atoms with Crippen molar-refractivity contribution in [3.8, 4) is 0 Å². The van der Waals surface area contributed by atoms with Gasteiger partial charge in [0.1, 0.15) is 48.3 Å². The van der Waals surface area contributed by atoms with Crippen LogP contribution < -0.4 is 88.0 Å². The predicted octanol–water partition coefficient (Wildman–Crippen LogP) is -1.17. The number of primary amides is 1. The molecule has 0 heterocycles. The molecule has 0 fully saturated rings. The van der Waals surface area contributed by atoms with Crippen LogP contribution in [0.4, 0.5) is 0 Å². The van der Waals surface area contributed by atoms with Crippen molar-refractivity contribution in [1.29, 1.82) is 0 Å². The van der Waals surface area contributed by atoms with Crippen LogP contribution >= 0.6 is 0 Å². The molecule has 2 rings (SSSR count). The Morgan fingerprint density at radius 2 is 0.571 bits per heavy atom. The first kappa shape index (κ1) is 79.7. The van der Waals surface area contributed by atoms with Gasteiger partial charge in [-0.3, -0.25) is 52.7 Å². The lowest BCUT2D eigenvalue weighted by molar-refractivity contribution is -0.139. The third kappa shape index (κ3) is 30.0. The third-order valence-corrected chi connectivity index (χ3v) is 15.4. The quantitative estimate of drug-likeness (QED) is 0.0274. The van der Waals surface area contributed by atoms with Gasteiger partial charge in [0, 0.05) is 12.8 Å². The van der Waals surface area contributed by atoms with Crippen molar-refractivity contribution in [2.24, 2.45) is 57.9 Å². The van der Waals surface area contributed by atoms with E-state index in [4.69, 9.17) is 40.1 Å². The molecule has 91 heavy (non-hydrogen) atoms. The van der Waals surface area contributed by atoms with Crippen molar-refractivity contribution < 1.29 is 52.7 Å². The Hall–Kier alpha value is -7.43. The van der Waals surface area contributed by atoms with E-state index in [1.165, 1.54) is 0 Å². The fourth-order valence-electron chi connectivity index (χ4n) is 9.95. The molecular formula is C64H108N16O11. The van der Waals surface area contributed by atoms with Gasteiger partial charge in [0.2, 0.25) is 58.9 Å². The van der Waals surface area contributed by atoms with Crippen molar-refractivity contribution in [3.63, 3.8) is 0 Å². The molecule has 0 aliphatic rings. The highest BCUT2D eigenvalue weighted by Gasteiger charge is 2.38. The summed E-state index contributed by atoms with van der Waals surface area (Å²) in [6.45, 7) is 11.8. The van der Waals surface area contributed by atoms with Crippen LogP contribution in [0.15, 0.2) is 60.7 Å². The second-order valence-corrected chi connectivity index (χ2v) is 24.2. The van der Waals surface area contributed by atoms with Crippen LogP contribution in [-0.2, 0) is 65.6 Å². The van der Waals surface area contributed by atoms with Gasteiger partial charge in [0.15, 0.2) is 0 Å². The number of Topliss-reactive ketones (excluding diaryl/α,β-unsaturated/α-hetero) is 1. The summed E-state index contributed by atoms with van der Waals surface area (Å²) in [4.78, 5) is 153. The minimum Gasteiger partial charge on any atom is -0.363 e. The third-order valence-electron chi connectivity index (χ3n) is 15.4. The van der Waals surface area contributed by atoms with E-state index in [0.29, 0.717) is 101 Å². The molecule has 27 nitrogen and oxygen atoms in total.